The molecule has 2 rings (SSSR count). The summed E-state index contributed by atoms with van der Waals surface area (Å²) in [6.45, 7) is 5.95. The largest absolute Gasteiger partial charge is 0.444 e. The van der Waals surface area contributed by atoms with E-state index in [1.54, 1.807) is 6.26 Å². The Kier molecular flexibility index (Phi) is 4.55. The first kappa shape index (κ1) is 13.3. The van der Waals surface area contributed by atoms with Gasteiger partial charge in [-0.15, -0.1) is 0 Å². The molecule has 0 saturated heterocycles. The zero-order chi connectivity index (χ0) is 13.0. The van der Waals surface area contributed by atoms with Gasteiger partial charge >= 0.3 is 0 Å². The van der Waals surface area contributed by atoms with Gasteiger partial charge in [0.05, 0.1) is 5.69 Å². The third kappa shape index (κ3) is 3.00. The van der Waals surface area contributed by atoms with Crippen LogP contribution in [0.5, 0.6) is 0 Å². The van der Waals surface area contributed by atoms with E-state index in [2.05, 4.69) is 40.1 Å². The number of oxazole rings is 1. The fraction of sp³-hybridized carbons (Fsp3) is 0.357. The van der Waals surface area contributed by atoms with E-state index in [9.17, 15) is 0 Å². The summed E-state index contributed by atoms with van der Waals surface area (Å²) in [5.41, 5.74) is 3.12. The van der Waals surface area contributed by atoms with Gasteiger partial charge in [-0.05, 0) is 37.6 Å². The lowest BCUT2D eigenvalue weighted by atomic mass is 10.1. The van der Waals surface area contributed by atoms with Gasteiger partial charge in [0.1, 0.15) is 6.26 Å². The molecule has 0 saturated carbocycles. The Morgan fingerprint density at radius 2 is 2.22 bits per heavy atom. The monoisotopic (exact) mass is 308 g/mol. The van der Waals surface area contributed by atoms with Crippen molar-refractivity contribution in [2.75, 3.05) is 6.54 Å². The van der Waals surface area contributed by atoms with Crippen LogP contribution in [0, 0.1) is 6.92 Å². The van der Waals surface area contributed by atoms with Crippen LogP contribution < -0.4 is 5.32 Å². The highest BCUT2D eigenvalue weighted by Crippen LogP contribution is 2.27. The Hall–Kier alpha value is -1.13. The van der Waals surface area contributed by atoms with Crippen LogP contribution in [0.25, 0.3) is 11.5 Å². The number of hydrogen-bond donors (Lipinski definition) is 1. The molecule has 0 atom stereocenters. The van der Waals surface area contributed by atoms with Crippen molar-refractivity contribution in [3.63, 3.8) is 0 Å². The van der Waals surface area contributed by atoms with Crippen LogP contribution in [-0.4, -0.2) is 11.5 Å². The number of rotatable bonds is 5. The minimum atomic E-state index is 0.682. The summed E-state index contributed by atoms with van der Waals surface area (Å²) in [6, 6.07) is 6.03. The molecule has 1 aromatic heterocycles. The molecule has 18 heavy (non-hydrogen) atoms. The van der Waals surface area contributed by atoms with Crippen molar-refractivity contribution >= 4 is 15.9 Å². The van der Waals surface area contributed by atoms with Gasteiger partial charge in [-0.1, -0.05) is 28.9 Å². The van der Waals surface area contributed by atoms with Crippen LogP contribution in [0.1, 0.15) is 24.6 Å². The topological polar surface area (TPSA) is 38.1 Å². The fourth-order valence-electron chi connectivity index (χ4n) is 1.74. The van der Waals surface area contributed by atoms with Gasteiger partial charge in [0.2, 0.25) is 5.89 Å². The third-order valence-corrected chi connectivity index (χ3v) is 3.64. The first-order chi connectivity index (χ1) is 8.72. The second-order valence-electron chi connectivity index (χ2n) is 4.23. The molecule has 0 unspecified atom stereocenters. The van der Waals surface area contributed by atoms with Crippen LogP contribution in [-0.2, 0) is 6.54 Å². The zero-order valence-electron chi connectivity index (χ0n) is 10.7. The number of nitrogens with one attached hydrogen (secondary N) is 1. The van der Waals surface area contributed by atoms with Gasteiger partial charge in [-0.2, -0.15) is 0 Å². The molecule has 96 valence electrons. The Morgan fingerprint density at radius 1 is 1.39 bits per heavy atom. The van der Waals surface area contributed by atoms with Crippen molar-refractivity contribution in [3.05, 3.63) is 40.2 Å². The van der Waals surface area contributed by atoms with Crippen LogP contribution in [0.3, 0.4) is 0 Å². The van der Waals surface area contributed by atoms with E-state index in [1.807, 2.05) is 18.2 Å². The molecule has 4 heteroatoms. The van der Waals surface area contributed by atoms with Crippen LogP contribution >= 0.6 is 15.9 Å². The molecule has 3 nitrogen and oxygen atoms in total. The summed E-state index contributed by atoms with van der Waals surface area (Å²) in [4.78, 5) is 4.50. The van der Waals surface area contributed by atoms with E-state index in [-0.39, 0.29) is 0 Å². The lowest BCUT2D eigenvalue weighted by molar-refractivity contribution is 0.569. The summed E-state index contributed by atoms with van der Waals surface area (Å²) in [6.07, 6.45) is 2.84. The van der Waals surface area contributed by atoms with Crippen molar-refractivity contribution in [2.24, 2.45) is 0 Å². The number of nitrogens with zero attached hydrogens (tertiary/aromatic N) is 1. The van der Waals surface area contributed by atoms with Gasteiger partial charge in [-0.3, -0.25) is 0 Å². The molecule has 1 heterocycles. The van der Waals surface area contributed by atoms with Gasteiger partial charge in [-0.25, -0.2) is 4.98 Å². The Bertz CT molecular complexity index is 522. The maximum atomic E-state index is 5.55. The van der Waals surface area contributed by atoms with Gasteiger partial charge in [0, 0.05) is 16.6 Å². The van der Waals surface area contributed by atoms with Gasteiger partial charge in [0.25, 0.3) is 0 Å². The molecule has 0 radical (unpaired) electrons. The number of hydrogen-bond acceptors (Lipinski definition) is 3. The summed E-state index contributed by atoms with van der Waals surface area (Å²) >= 11 is 3.52. The summed E-state index contributed by atoms with van der Waals surface area (Å²) < 4.78 is 6.62. The van der Waals surface area contributed by atoms with Crippen molar-refractivity contribution in [3.8, 4) is 11.5 Å². The molecule has 0 aliphatic carbocycles. The average molecular weight is 309 g/mol. The number of aromatic nitrogens is 1. The molecule has 0 amide bonds. The highest BCUT2D eigenvalue weighted by Gasteiger charge is 2.10. The second kappa shape index (κ2) is 6.16. The van der Waals surface area contributed by atoms with E-state index in [0.717, 1.165) is 40.8 Å². The molecule has 1 aromatic carbocycles. The lowest BCUT2D eigenvalue weighted by Crippen LogP contribution is -2.13. The minimum absolute atomic E-state index is 0.682. The molecule has 0 bridgehead atoms. The quantitative estimate of drug-likeness (QED) is 0.851. The van der Waals surface area contributed by atoms with Crippen LogP contribution in [0.15, 0.2) is 33.4 Å². The van der Waals surface area contributed by atoms with Crippen molar-refractivity contribution < 1.29 is 4.42 Å². The summed E-state index contributed by atoms with van der Waals surface area (Å²) in [7, 11) is 0. The minimum Gasteiger partial charge on any atom is -0.444 e. The smallest absolute Gasteiger partial charge is 0.226 e. The summed E-state index contributed by atoms with van der Waals surface area (Å²) in [5.74, 6) is 0.682. The summed E-state index contributed by atoms with van der Waals surface area (Å²) in [5, 5.41) is 3.31. The van der Waals surface area contributed by atoms with E-state index >= 15 is 0 Å². The predicted molar refractivity (Wildman–Crippen MR) is 76.4 cm³/mol. The van der Waals surface area contributed by atoms with E-state index in [4.69, 9.17) is 4.42 Å². The zero-order valence-corrected chi connectivity index (χ0v) is 12.3. The van der Waals surface area contributed by atoms with Gasteiger partial charge < -0.3 is 9.73 Å². The van der Waals surface area contributed by atoms with E-state index < -0.39 is 0 Å². The highest BCUT2D eigenvalue weighted by atomic mass is 79.9. The fourth-order valence-corrected chi connectivity index (χ4v) is 2.11. The first-order valence-electron chi connectivity index (χ1n) is 6.13. The van der Waals surface area contributed by atoms with Crippen molar-refractivity contribution in [1.82, 2.24) is 10.3 Å². The first-order valence-corrected chi connectivity index (χ1v) is 6.92. The average Bonchev–Trinajstić information content (AvgIpc) is 2.82. The second-order valence-corrected chi connectivity index (χ2v) is 5.09. The van der Waals surface area contributed by atoms with Crippen LogP contribution in [0.2, 0.25) is 0 Å². The van der Waals surface area contributed by atoms with Crippen LogP contribution in [0.4, 0.5) is 0 Å². The molecular formula is C14H17BrN2O. The molecule has 0 spiro atoms. The standard InChI is InChI=1S/C14H17BrN2O/c1-3-7-16-8-11-9-18-14(17-11)12-5-4-6-13(15)10(12)2/h4-6,9,16H,3,7-8H2,1-2H3. The molecule has 0 aliphatic heterocycles. The number of benzene rings is 1. The Morgan fingerprint density at radius 3 is 3.00 bits per heavy atom. The predicted octanol–water partition coefficient (Wildman–Crippen LogP) is 3.91. The maximum absolute atomic E-state index is 5.55. The van der Waals surface area contributed by atoms with E-state index in [1.165, 1.54) is 0 Å². The van der Waals surface area contributed by atoms with E-state index in [0.29, 0.717) is 5.89 Å². The van der Waals surface area contributed by atoms with Crippen molar-refractivity contribution in [1.29, 1.82) is 0 Å². The molecule has 0 aliphatic rings. The van der Waals surface area contributed by atoms with Gasteiger partial charge in [0.15, 0.2) is 0 Å². The SMILES string of the molecule is CCCNCc1coc(-c2cccc(Br)c2C)n1. The molecule has 0 fully saturated rings. The molecule has 2 aromatic rings. The molecule has 1 N–H and O–H groups in total. The highest BCUT2D eigenvalue weighted by molar-refractivity contribution is 9.10. The Labute approximate surface area is 116 Å². The maximum Gasteiger partial charge on any atom is 0.226 e. The Balaban J connectivity index is 2.16. The number of halogens is 1. The van der Waals surface area contributed by atoms with Crippen molar-refractivity contribution in [2.45, 2.75) is 26.8 Å². The molecular weight excluding hydrogens is 292 g/mol. The normalized spacial score (nSPS) is 10.8. The lowest BCUT2D eigenvalue weighted by Gasteiger charge is -2.02. The third-order valence-electron chi connectivity index (χ3n) is 2.78.